The van der Waals surface area contributed by atoms with E-state index < -0.39 is 0 Å². The van der Waals surface area contributed by atoms with Crippen LogP contribution in [-0.2, 0) is 0 Å². The molecule has 5 nitrogen and oxygen atoms in total. The molecule has 1 N–H and O–H groups in total. The molecule has 0 spiro atoms. The molecule has 1 amide bonds. The van der Waals surface area contributed by atoms with Gasteiger partial charge >= 0.3 is 0 Å². The Bertz CT molecular complexity index is 788. The first-order valence-electron chi connectivity index (χ1n) is 9.84. The molecule has 140 valence electrons. The molecule has 2 fully saturated rings. The van der Waals surface area contributed by atoms with Gasteiger partial charge < -0.3 is 15.1 Å². The number of likely N-dealkylation sites (N-methyl/N-ethyl adjacent to an activating group) is 1. The Balaban J connectivity index is 1.54. The van der Waals surface area contributed by atoms with E-state index in [9.17, 15) is 4.79 Å². The van der Waals surface area contributed by atoms with E-state index in [1.165, 1.54) is 12.8 Å². The quantitative estimate of drug-likeness (QED) is 0.893. The standard InChI is InChI=1S/C20H28N4OS/c1-3-23-10-12-24(13-11-23)20-22-17-9-8-16(14(2)18(17)26-20)19(25)21-15-6-4-5-7-15/h8-9,15H,3-7,10-13H2,1-2H3,(H,21,25). The molecular formula is C20H28N4OS. The predicted octanol–water partition coefficient (Wildman–Crippen LogP) is 3.42. The van der Waals surface area contributed by atoms with E-state index in [-0.39, 0.29) is 5.91 Å². The van der Waals surface area contributed by atoms with Crippen LogP contribution in [0.5, 0.6) is 0 Å². The number of aryl methyl sites for hydroxylation is 1. The number of rotatable bonds is 4. The van der Waals surface area contributed by atoms with E-state index in [0.29, 0.717) is 6.04 Å². The molecule has 0 bridgehead atoms. The smallest absolute Gasteiger partial charge is 0.251 e. The summed E-state index contributed by atoms with van der Waals surface area (Å²) in [7, 11) is 0. The average Bonchev–Trinajstić information content (AvgIpc) is 3.32. The third kappa shape index (κ3) is 3.45. The van der Waals surface area contributed by atoms with Crippen LogP contribution in [0.2, 0.25) is 0 Å². The molecular weight excluding hydrogens is 344 g/mol. The fraction of sp³-hybridized carbons (Fsp3) is 0.600. The second-order valence-corrected chi connectivity index (χ2v) is 8.44. The van der Waals surface area contributed by atoms with Gasteiger partial charge in [0.1, 0.15) is 0 Å². The van der Waals surface area contributed by atoms with E-state index in [4.69, 9.17) is 4.98 Å². The van der Waals surface area contributed by atoms with E-state index in [0.717, 1.165) is 72.0 Å². The van der Waals surface area contributed by atoms with Crippen molar-refractivity contribution >= 4 is 32.6 Å². The minimum atomic E-state index is 0.0720. The van der Waals surface area contributed by atoms with Crippen LogP contribution in [0.4, 0.5) is 5.13 Å². The maximum Gasteiger partial charge on any atom is 0.251 e. The van der Waals surface area contributed by atoms with Crippen molar-refractivity contribution in [1.82, 2.24) is 15.2 Å². The van der Waals surface area contributed by atoms with E-state index >= 15 is 0 Å². The summed E-state index contributed by atoms with van der Waals surface area (Å²) in [6, 6.07) is 4.30. The molecule has 4 rings (SSSR count). The minimum Gasteiger partial charge on any atom is -0.349 e. The second-order valence-electron chi connectivity index (χ2n) is 7.46. The maximum absolute atomic E-state index is 12.7. The van der Waals surface area contributed by atoms with Gasteiger partial charge in [-0.05, 0) is 44.0 Å². The highest BCUT2D eigenvalue weighted by Gasteiger charge is 2.22. The van der Waals surface area contributed by atoms with E-state index in [1.54, 1.807) is 11.3 Å². The number of hydrogen-bond acceptors (Lipinski definition) is 5. The Kier molecular flexibility index (Phi) is 5.14. The number of carbonyl (C=O) groups is 1. The highest BCUT2D eigenvalue weighted by molar-refractivity contribution is 7.22. The van der Waals surface area contributed by atoms with Gasteiger partial charge in [-0.25, -0.2) is 4.98 Å². The first kappa shape index (κ1) is 17.7. The Labute approximate surface area is 159 Å². The molecule has 1 saturated heterocycles. The maximum atomic E-state index is 12.7. The van der Waals surface area contributed by atoms with E-state index in [1.807, 2.05) is 12.1 Å². The zero-order valence-corrected chi connectivity index (χ0v) is 16.6. The minimum absolute atomic E-state index is 0.0720. The lowest BCUT2D eigenvalue weighted by molar-refractivity contribution is 0.0937. The van der Waals surface area contributed by atoms with Gasteiger partial charge in [0.05, 0.1) is 10.2 Å². The fourth-order valence-corrected chi connectivity index (χ4v) is 5.20. The van der Waals surface area contributed by atoms with Crippen molar-refractivity contribution < 1.29 is 4.79 Å². The van der Waals surface area contributed by atoms with Gasteiger partial charge in [0, 0.05) is 37.8 Å². The van der Waals surface area contributed by atoms with Crippen molar-refractivity contribution in [2.45, 2.75) is 45.6 Å². The Morgan fingerprint density at radius 2 is 1.96 bits per heavy atom. The first-order chi connectivity index (χ1) is 12.7. The SMILES string of the molecule is CCN1CCN(c2nc3ccc(C(=O)NC4CCCC4)c(C)c3s2)CC1. The number of anilines is 1. The molecule has 0 radical (unpaired) electrons. The van der Waals surface area contributed by atoms with Crippen LogP contribution in [-0.4, -0.2) is 54.6 Å². The van der Waals surface area contributed by atoms with Gasteiger partial charge in [0.2, 0.25) is 0 Å². The van der Waals surface area contributed by atoms with Crippen molar-refractivity contribution in [3.8, 4) is 0 Å². The number of carbonyl (C=O) groups excluding carboxylic acids is 1. The van der Waals surface area contributed by atoms with Gasteiger partial charge in [0.25, 0.3) is 5.91 Å². The largest absolute Gasteiger partial charge is 0.349 e. The number of hydrogen-bond donors (Lipinski definition) is 1. The van der Waals surface area contributed by atoms with Gasteiger partial charge in [-0.1, -0.05) is 31.1 Å². The average molecular weight is 373 g/mol. The summed E-state index contributed by atoms with van der Waals surface area (Å²) in [4.78, 5) is 22.4. The third-order valence-corrected chi connectivity index (χ3v) is 7.07. The van der Waals surface area contributed by atoms with Crippen molar-refractivity contribution in [2.75, 3.05) is 37.6 Å². The highest BCUT2D eigenvalue weighted by Crippen LogP contribution is 2.33. The van der Waals surface area contributed by atoms with Crippen molar-refractivity contribution in [2.24, 2.45) is 0 Å². The zero-order chi connectivity index (χ0) is 18.1. The second kappa shape index (κ2) is 7.53. The number of aromatic nitrogens is 1. The van der Waals surface area contributed by atoms with Crippen LogP contribution in [0.1, 0.15) is 48.5 Å². The third-order valence-electron chi connectivity index (χ3n) is 5.82. The molecule has 0 atom stereocenters. The lowest BCUT2D eigenvalue weighted by atomic mass is 10.1. The Morgan fingerprint density at radius 3 is 2.65 bits per heavy atom. The summed E-state index contributed by atoms with van der Waals surface area (Å²) in [6.07, 6.45) is 4.68. The predicted molar refractivity (Wildman–Crippen MR) is 108 cm³/mol. The molecule has 1 aromatic carbocycles. The van der Waals surface area contributed by atoms with Crippen LogP contribution in [0, 0.1) is 6.92 Å². The first-order valence-corrected chi connectivity index (χ1v) is 10.7. The lowest BCUT2D eigenvalue weighted by Gasteiger charge is -2.33. The molecule has 2 aliphatic rings. The van der Waals surface area contributed by atoms with Gasteiger partial charge in [-0.15, -0.1) is 0 Å². The topological polar surface area (TPSA) is 48.5 Å². The Hall–Kier alpha value is -1.66. The molecule has 2 aromatic rings. The summed E-state index contributed by atoms with van der Waals surface area (Å²) in [6.45, 7) is 9.65. The molecule has 1 aliphatic carbocycles. The zero-order valence-electron chi connectivity index (χ0n) is 15.8. The Morgan fingerprint density at radius 1 is 1.23 bits per heavy atom. The molecule has 26 heavy (non-hydrogen) atoms. The summed E-state index contributed by atoms with van der Waals surface area (Å²) in [5.41, 5.74) is 2.88. The molecule has 1 aliphatic heterocycles. The number of nitrogens with zero attached hydrogens (tertiary/aromatic N) is 3. The molecule has 1 saturated carbocycles. The van der Waals surface area contributed by atoms with Crippen LogP contribution < -0.4 is 10.2 Å². The summed E-state index contributed by atoms with van der Waals surface area (Å²) in [5, 5.41) is 4.30. The monoisotopic (exact) mass is 372 g/mol. The normalized spacial score (nSPS) is 19.4. The number of thiazole rings is 1. The molecule has 1 aromatic heterocycles. The lowest BCUT2D eigenvalue weighted by Crippen LogP contribution is -2.46. The van der Waals surface area contributed by atoms with Crippen LogP contribution in [0.15, 0.2) is 12.1 Å². The summed E-state index contributed by atoms with van der Waals surface area (Å²) >= 11 is 1.73. The number of amides is 1. The van der Waals surface area contributed by atoms with Gasteiger partial charge in [-0.3, -0.25) is 4.79 Å². The number of nitrogens with one attached hydrogen (secondary N) is 1. The number of benzene rings is 1. The summed E-state index contributed by atoms with van der Waals surface area (Å²) < 4.78 is 1.15. The fourth-order valence-electron chi connectivity index (χ4n) is 4.08. The molecule has 2 heterocycles. The van der Waals surface area contributed by atoms with Gasteiger partial charge in [0.15, 0.2) is 5.13 Å². The highest BCUT2D eigenvalue weighted by atomic mass is 32.1. The van der Waals surface area contributed by atoms with Gasteiger partial charge in [-0.2, -0.15) is 0 Å². The van der Waals surface area contributed by atoms with Crippen molar-refractivity contribution in [1.29, 1.82) is 0 Å². The number of piperazine rings is 1. The number of fused-ring (bicyclic) bond motifs is 1. The molecule has 0 unspecified atom stereocenters. The van der Waals surface area contributed by atoms with Crippen LogP contribution in [0.3, 0.4) is 0 Å². The van der Waals surface area contributed by atoms with Crippen LogP contribution in [0.25, 0.3) is 10.2 Å². The van der Waals surface area contributed by atoms with Crippen molar-refractivity contribution in [3.63, 3.8) is 0 Å². The molecule has 6 heteroatoms. The van der Waals surface area contributed by atoms with Crippen LogP contribution >= 0.6 is 11.3 Å². The summed E-state index contributed by atoms with van der Waals surface area (Å²) in [5.74, 6) is 0.0720. The van der Waals surface area contributed by atoms with Crippen molar-refractivity contribution in [3.05, 3.63) is 23.3 Å². The van der Waals surface area contributed by atoms with E-state index in [2.05, 4.69) is 29.0 Å².